The van der Waals surface area contributed by atoms with Crippen LogP contribution in [0, 0.1) is 0 Å². The van der Waals surface area contributed by atoms with Gasteiger partial charge in [0.15, 0.2) is 11.9 Å². The van der Waals surface area contributed by atoms with Gasteiger partial charge in [0, 0.05) is 32.4 Å². The van der Waals surface area contributed by atoms with Crippen LogP contribution in [-0.2, 0) is 0 Å². The van der Waals surface area contributed by atoms with Crippen molar-refractivity contribution in [2.24, 2.45) is 0 Å². The van der Waals surface area contributed by atoms with E-state index < -0.39 is 0 Å². The zero-order valence-corrected chi connectivity index (χ0v) is 8.31. The molecule has 0 radical (unpaired) electrons. The topological polar surface area (TPSA) is 54.2 Å². The van der Waals surface area contributed by atoms with E-state index in [0.717, 1.165) is 37.4 Å². The Hall–Kier alpha value is -1.62. The number of aromatic nitrogens is 2. The molecule has 0 aliphatic carbocycles. The van der Waals surface area contributed by atoms with Gasteiger partial charge < -0.3 is 14.6 Å². The lowest BCUT2D eigenvalue weighted by Gasteiger charge is -2.29. The van der Waals surface area contributed by atoms with Crippen LogP contribution in [0.1, 0.15) is 0 Å². The van der Waals surface area contributed by atoms with Gasteiger partial charge in [-0.25, -0.2) is 9.97 Å². The monoisotopic (exact) mass is 204 g/mol. The normalized spacial score (nSPS) is 17.2. The smallest absolute Gasteiger partial charge is 0.248 e. The van der Waals surface area contributed by atoms with Gasteiger partial charge in [-0.15, -0.1) is 0 Å². The molecule has 0 saturated carbocycles. The number of rotatable bonds is 1. The predicted molar refractivity (Wildman–Crippen MR) is 56.9 cm³/mol. The number of nitrogens with one attached hydrogen (secondary N) is 1. The summed E-state index contributed by atoms with van der Waals surface area (Å²) < 4.78 is 5.18. The summed E-state index contributed by atoms with van der Waals surface area (Å²) in [6.45, 7) is 4.04. The Kier molecular flexibility index (Phi) is 2.03. The number of fused-ring (bicyclic) bond motifs is 1. The lowest BCUT2D eigenvalue weighted by molar-refractivity contribution is 0.587. The zero-order chi connectivity index (χ0) is 10.1. The molecule has 0 aromatic carbocycles. The van der Waals surface area contributed by atoms with E-state index in [0.29, 0.717) is 5.71 Å². The maximum Gasteiger partial charge on any atom is 0.248 e. The Bertz CT molecular complexity index is 461. The fourth-order valence-electron chi connectivity index (χ4n) is 1.92. The van der Waals surface area contributed by atoms with Gasteiger partial charge >= 0.3 is 0 Å². The van der Waals surface area contributed by atoms with E-state index in [4.69, 9.17) is 4.42 Å². The van der Waals surface area contributed by atoms with E-state index in [1.807, 2.05) is 6.07 Å². The van der Waals surface area contributed by atoms with Gasteiger partial charge in [-0.2, -0.15) is 0 Å². The molecule has 1 aliphatic heterocycles. The molecule has 2 aromatic rings. The summed E-state index contributed by atoms with van der Waals surface area (Å²) in [5, 5.41) is 3.33. The van der Waals surface area contributed by atoms with E-state index in [1.54, 1.807) is 6.20 Å². The molecule has 3 heterocycles. The molecule has 1 N–H and O–H groups in total. The van der Waals surface area contributed by atoms with Crippen molar-refractivity contribution in [1.29, 1.82) is 0 Å². The summed E-state index contributed by atoms with van der Waals surface area (Å²) in [5.74, 6) is 0. The molecule has 1 aliphatic rings. The first kappa shape index (κ1) is 8.67. The first-order valence-corrected chi connectivity index (χ1v) is 5.09. The molecular weight excluding hydrogens is 192 g/mol. The van der Waals surface area contributed by atoms with Gasteiger partial charge in [-0.1, -0.05) is 0 Å². The summed E-state index contributed by atoms with van der Waals surface area (Å²) in [6, 6.07) is 2.00. The van der Waals surface area contributed by atoms with Gasteiger partial charge in [-0.3, -0.25) is 0 Å². The maximum atomic E-state index is 5.18. The van der Waals surface area contributed by atoms with Crippen LogP contribution in [0.5, 0.6) is 0 Å². The predicted octanol–water partition coefficient (Wildman–Crippen LogP) is 0.632. The number of anilines is 1. The Morgan fingerprint density at radius 3 is 3.00 bits per heavy atom. The maximum absolute atomic E-state index is 5.18. The highest BCUT2D eigenvalue weighted by Gasteiger charge is 2.15. The average Bonchev–Trinajstić information content (AvgIpc) is 2.78. The Morgan fingerprint density at radius 1 is 1.27 bits per heavy atom. The van der Waals surface area contributed by atoms with Crippen LogP contribution in [0.2, 0.25) is 0 Å². The van der Waals surface area contributed by atoms with Gasteiger partial charge in [0.1, 0.15) is 0 Å². The second-order valence-corrected chi connectivity index (χ2v) is 3.57. The Morgan fingerprint density at radius 2 is 2.13 bits per heavy atom. The second-order valence-electron chi connectivity index (χ2n) is 3.57. The van der Waals surface area contributed by atoms with Crippen molar-refractivity contribution in [3.05, 3.63) is 18.7 Å². The molecule has 0 atom stereocenters. The van der Waals surface area contributed by atoms with Crippen molar-refractivity contribution in [2.75, 3.05) is 31.1 Å². The van der Waals surface area contributed by atoms with E-state index >= 15 is 0 Å². The van der Waals surface area contributed by atoms with Crippen LogP contribution in [0.25, 0.3) is 11.2 Å². The molecule has 5 heteroatoms. The summed E-state index contributed by atoms with van der Waals surface area (Å²) in [5.41, 5.74) is 2.60. The van der Waals surface area contributed by atoms with Gasteiger partial charge in [0.05, 0.1) is 5.69 Å². The quantitative estimate of drug-likeness (QED) is 0.738. The van der Waals surface area contributed by atoms with Crippen LogP contribution in [0.15, 0.2) is 23.1 Å². The van der Waals surface area contributed by atoms with Crippen LogP contribution in [0.4, 0.5) is 5.69 Å². The van der Waals surface area contributed by atoms with Crippen molar-refractivity contribution in [3.63, 3.8) is 0 Å². The van der Waals surface area contributed by atoms with E-state index in [2.05, 4.69) is 20.2 Å². The van der Waals surface area contributed by atoms with Crippen molar-refractivity contribution in [3.8, 4) is 0 Å². The number of hydrogen-bond acceptors (Lipinski definition) is 5. The second kappa shape index (κ2) is 3.51. The highest BCUT2D eigenvalue weighted by molar-refractivity contribution is 5.84. The standard InChI is InChI=1S/C10H12N4O/c1-2-12-10-9(13-7-15-10)8(1)14-5-3-11-4-6-14/h1-2,7,11H,3-6H2. The third-order valence-corrected chi connectivity index (χ3v) is 2.67. The molecule has 78 valence electrons. The minimum absolute atomic E-state index is 0.617. The first-order chi connectivity index (χ1) is 7.45. The molecule has 2 aromatic heterocycles. The molecule has 0 amide bonds. The molecule has 5 nitrogen and oxygen atoms in total. The molecule has 1 fully saturated rings. The average molecular weight is 204 g/mol. The summed E-state index contributed by atoms with van der Waals surface area (Å²) in [4.78, 5) is 10.6. The lowest BCUT2D eigenvalue weighted by Crippen LogP contribution is -2.43. The number of pyridine rings is 1. The molecule has 15 heavy (non-hydrogen) atoms. The summed E-state index contributed by atoms with van der Waals surface area (Å²) in [7, 11) is 0. The molecule has 0 unspecified atom stereocenters. The molecule has 1 saturated heterocycles. The zero-order valence-electron chi connectivity index (χ0n) is 8.31. The molecule has 3 rings (SSSR count). The highest BCUT2D eigenvalue weighted by Crippen LogP contribution is 2.23. The minimum Gasteiger partial charge on any atom is -0.425 e. The molecular formula is C10H12N4O. The largest absolute Gasteiger partial charge is 0.425 e. The van der Waals surface area contributed by atoms with Crippen molar-refractivity contribution < 1.29 is 4.42 Å². The van der Waals surface area contributed by atoms with E-state index in [9.17, 15) is 0 Å². The summed E-state index contributed by atoms with van der Waals surface area (Å²) >= 11 is 0. The Balaban J connectivity index is 2.05. The van der Waals surface area contributed by atoms with Crippen LogP contribution in [-0.4, -0.2) is 36.1 Å². The van der Waals surface area contributed by atoms with Crippen LogP contribution in [0.3, 0.4) is 0 Å². The van der Waals surface area contributed by atoms with Crippen molar-refractivity contribution >= 4 is 16.9 Å². The molecule has 0 spiro atoms. The lowest BCUT2D eigenvalue weighted by atomic mass is 10.3. The number of nitrogens with zero attached hydrogens (tertiary/aromatic N) is 3. The van der Waals surface area contributed by atoms with Crippen molar-refractivity contribution in [1.82, 2.24) is 15.3 Å². The highest BCUT2D eigenvalue weighted by atomic mass is 16.3. The van der Waals surface area contributed by atoms with Gasteiger partial charge in [-0.05, 0) is 6.07 Å². The number of hydrogen-bond donors (Lipinski definition) is 1. The van der Waals surface area contributed by atoms with E-state index in [-0.39, 0.29) is 0 Å². The SMILES string of the molecule is c1cc(N2CCNCC2)c2ncoc2n1. The minimum atomic E-state index is 0.617. The van der Waals surface area contributed by atoms with Gasteiger partial charge in [0.2, 0.25) is 5.71 Å². The third kappa shape index (κ3) is 1.45. The first-order valence-electron chi connectivity index (χ1n) is 5.09. The van der Waals surface area contributed by atoms with Crippen molar-refractivity contribution in [2.45, 2.75) is 0 Å². The van der Waals surface area contributed by atoms with Crippen LogP contribution >= 0.6 is 0 Å². The van der Waals surface area contributed by atoms with Gasteiger partial charge in [0.25, 0.3) is 0 Å². The number of oxazole rings is 1. The van der Waals surface area contributed by atoms with Crippen LogP contribution < -0.4 is 10.2 Å². The summed E-state index contributed by atoms with van der Waals surface area (Å²) in [6.07, 6.45) is 3.22. The Labute approximate surface area is 87.1 Å². The fraction of sp³-hybridized carbons (Fsp3) is 0.400. The fourth-order valence-corrected chi connectivity index (χ4v) is 1.92. The number of piperazine rings is 1. The van der Waals surface area contributed by atoms with E-state index in [1.165, 1.54) is 6.39 Å². The molecule has 0 bridgehead atoms. The third-order valence-electron chi connectivity index (χ3n) is 2.67.